The Morgan fingerprint density at radius 1 is 1.29 bits per heavy atom. The molecule has 116 valence electrons. The van der Waals surface area contributed by atoms with Gasteiger partial charge in [-0.3, -0.25) is 4.79 Å². The molecule has 1 aliphatic heterocycles. The molecule has 1 aromatic carbocycles. The van der Waals surface area contributed by atoms with E-state index in [4.69, 9.17) is 4.74 Å². The molecule has 0 aromatic heterocycles. The second kappa shape index (κ2) is 6.48. The van der Waals surface area contributed by atoms with Crippen molar-refractivity contribution in [3.63, 3.8) is 0 Å². The Bertz CT molecular complexity index is 476. The molecular weight excluding hydrogens is 264 g/mol. The number of hydrogen-bond donors (Lipinski definition) is 2. The van der Waals surface area contributed by atoms with E-state index >= 15 is 0 Å². The van der Waals surface area contributed by atoms with E-state index in [-0.39, 0.29) is 17.4 Å². The van der Waals surface area contributed by atoms with Crippen LogP contribution in [0, 0.1) is 11.3 Å². The third kappa shape index (κ3) is 3.21. The van der Waals surface area contributed by atoms with Crippen LogP contribution in [0.3, 0.4) is 0 Å². The monoisotopic (exact) mass is 290 g/mol. The van der Waals surface area contributed by atoms with Gasteiger partial charge in [0.1, 0.15) is 5.75 Å². The Hall–Kier alpha value is -1.55. The fraction of sp³-hybridized carbons (Fsp3) is 0.588. The number of amides is 1. The van der Waals surface area contributed by atoms with E-state index < -0.39 is 0 Å². The molecule has 1 fully saturated rings. The Kier molecular flexibility index (Phi) is 4.88. The molecule has 1 heterocycles. The SMILES string of the molecule is COc1ccc([C@@H](C)NC(=O)C2(C(C)C)CCNC2)cc1. The maximum absolute atomic E-state index is 12.7. The molecule has 0 spiro atoms. The Labute approximate surface area is 127 Å². The zero-order valence-electron chi connectivity index (χ0n) is 13.4. The number of ether oxygens (including phenoxy) is 1. The number of nitrogens with one attached hydrogen (secondary N) is 2. The summed E-state index contributed by atoms with van der Waals surface area (Å²) in [7, 11) is 1.65. The van der Waals surface area contributed by atoms with Crippen molar-refractivity contribution in [2.75, 3.05) is 20.2 Å². The van der Waals surface area contributed by atoms with Crippen molar-refractivity contribution in [3.8, 4) is 5.75 Å². The minimum atomic E-state index is -0.277. The molecule has 1 amide bonds. The van der Waals surface area contributed by atoms with E-state index in [1.54, 1.807) is 7.11 Å². The lowest BCUT2D eigenvalue weighted by molar-refractivity contribution is -0.133. The third-order valence-corrected chi connectivity index (χ3v) is 4.71. The minimum Gasteiger partial charge on any atom is -0.497 e. The van der Waals surface area contributed by atoms with Gasteiger partial charge in [-0.15, -0.1) is 0 Å². The molecule has 21 heavy (non-hydrogen) atoms. The van der Waals surface area contributed by atoms with Gasteiger partial charge in [0.2, 0.25) is 5.91 Å². The second-order valence-electron chi connectivity index (χ2n) is 6.21. The van der Waals surface area contributed by atoms with Gasteiger partial charge in [0.05, 0.1) is 18.6 Å². The zero-order valence-corrected chi connectivity index (χ0v) is 13.4. The molecule has 2 N–H and O–H groups in total. The standard InChI is InChI=1S/C17H26N2O2/c1-12(2)17(9-10-18-11-17)16(20)19-13(3)14-5-7-15(21-4)8-6-14/h5-8,12-13,18H,9-11H2,1-4H3,(H,19,20)/t13-,17?/m1/s1. The molecule has 2 atom stereocenters. The fourth-order valence-corrected chi connectivity index (χ4v) is 2.98. The normalized spacial score (nSPS) is 23.1. The van der Waals surface area contributed by atoms with Crippen LogP contribution < -0.4 is 15.4 Å². The summed E-state index contributed by atoms with van der Waals surface area (Å²) in [6, 6.07) is 7.85. The lowest BCUT2D eigenvalue weighted by Gasteiger charge is -2.32. The van der Waals surface area contributed by atoms with Crippen molar-refractivity contribution in [2.45, 2.75) is 33.2 Å². The topological polar surface area (TPSA) is 50.4 Å². The summed E-state index contributed by atoms with van der Waals surface area (Å²) in [4.78, 5) is 12.7. The van der Waals surface area contributed by atoms with E-state index in [1.807, 2.05) is 31.2 Å². The molecule has 0 bridgehead atoms. The van der Waals surface area contributed by atoms with E-state index in [0.29, 0.717) is 5.92 Å². The molecule has 1 aromatic rings. The summed E-state index contributed by atoms with van der Waals surface area (Å²) in [5.41, 5.74) is 0.815. The van der Waals surface area contributed by atoms with Crippen LogP contribution in [0.15, 0.2) is 24.3 Å². The van der Waals surface area contributed by atoms with Crippen LogP contribution >= 0.6 is 0 Å². The highest BCUT2D eigenvalue weighted by Gasteiger charge is 2.44. The minimum absolute atomic E-state index is 0.000342. The van der Waals surface area contributed by atoms with Gasteiger partial charge >= 0.3 is 0 Å². The average Bonchev–Trinajstić information content (AvgIpc) is 2.98. The smallest absolute Gasteiger partial charge is 0.228 e. The van der Waals surface area contributed by atoms with Crippen molar-refractivity contribution in [1.82, 2.24) is 10.6 Å². The maximum Gasteiger partial charge on any atom is 0.228 e. The lowest BCUT2D eigenvalue weighted by atomic mass is 9.75. The van der Waals surface area contributed by atoms with Crippen LogP contribution in [0.1, 0.15) is 38.8 Å². The van der Waals surface area contributed by atoms with Crippen molar-refractivity contribution < 1.29 is 9.53 Å². The van der Waals surface area contributed by atoms with Gasteiger partial charge in [-0.2, -0.15) is 0 Å². The van der Waals surface area contributed by atoms with Gasteiger partial charge in [0.15, 0.2) is 0 Å². The van der Waals surface area contributed by atoms with Crippen molar-refractivity contribution in [1.29, 1.82) is 0 Å². The molecule has 0 radical (unpaired) electrons. The molecule has 4 heteroatoms. The van der Waals surface area contributed by atoms with Crippen molar-refractivity contribution >= 4 is 5.91 Å². The first-order valence-corrected chi connectivity index (χ1v) is 7.65. The van der Waals surface area contributed by atoms with Crippen LogP contribution in [0.5, 0.6) is 5.75 Å². The highest BCUT2D eigenvalue weighted by molar-refractivity contribution is 5.84. The van der Waals surface area contributed by atoms with Gasteiger partial charge in [0, 0.05) is 6.54 Å². The third-order valence-electron chi connectivity index (χ3n) is 4.71. The summed E-state index contributed by atoms with van der Waals surface area (Å²) in [5, 5.41) is 6.50. The van der Waals surface area contributed by atoms with E-state index in [1.165, 1.54) is 0 Å². The predicted molar refractivity (Wildman–Crippen MR) is 84.3 cm³/mol. The van der Waals surface area contributed by atoms with Gasteiger partial charge in [-0.05, 0) is 43.5 Å². The van der Waals surface area contributed by atoms with Crippen LogP contribution in [0.2, 0.25) is 0 Å². The van der Waals surface area contributed by atoms with E-state index in [9.17, 15) is 4.79 Å². The van der Waals surface area contributed by atoms with Gasteiger partial charge in [-0.1, -0.05) is 26.0 Å². The average molecular weight is 290 g/mol. The Morgan fingerprint density at radius 3 is 2.43 bits per heavy atom. The number of methoxy groups -OCH3 is 1. The van der Waals surface area contributed by atoms with Crippen LogP contribution in [-0.2, 0) is 4.79 Å². The summed E-state index contributed by atoms with van der Waals surface area (Å²) in [6.45, 7) is 7.97. The van der Waals surface area contributed by atoms with Crippen molar-refractivity contribution in [2.24, 2.45) is 11.3 Å². The second-order valence-corrected chi connectivity index (χ2v) is 6.21. The molecule has 2 rings (SSSR count). The first-order chi connectivity index (χ1) is 9.99. The fourth-order valence-electron chi connectivity index (χ4n) is 2.98. The van der Waals surface area contributed by atoms with Crippen LogP contribution in [-0.4, -0.2) is 26.1 Å². The molecular formula is C17H26N2O2. The van der Waals surface area contributed by atoms with Gasteiger partial charge in [0.25, 0.3) is 0 Å². The molecule has 0 aliphatic carbocycles. The molecule has 0 saturated carbocycles. The first kappa shape index (κ1) is 15.8. The van der Waals surface area contributed by atoms with Crippen LogP contribution in [0.4, 0.5) is 0 Å². The highest BCUT2D eigenvalue weighted by Crippen LogP contribution is 2.35. The van der Waals surface area contributed by atoms with Crippen molar-refractivity contribution in [3.05, 3.63) is 29.8 Å². The lowest BCUT2D eigenvalue weighted by Crippen LogP contribution is -2.46. The quantitative estimate of drug-likeness (QED) is 0.876. The number of hydrogen-bond acceptors (Lipinski definition) is 3. The molecule has 4 nitrogen and oxygen atoms in total. The van der Waals surface area contributed by atoms with Crippen LogP contribution in [0.25, 0.3) is 0 Å². The van der Waals surface area contributed by atoms with Gasteiger partial charge < -0.3 is 15.4 Å². The van der Waals surface area contributed by atoms with Gasteiger partial charge in [-0.25, -0.2) is 0 Å². The molecule has 1 unspecified atom stereocenters. The predicted octanol–water partition coefficient (Wildman–Crippen LogP) is 2.51. The molecule has 1 aliphatic rings. The summed E-state index contributed by atoms with van der Waals surface area (Å²) < 4.78 is 5.16. The largest absolute Gasteiger partial charge is 0.497 e. The van der Waals surface area contributed by atoms with E-state index in [2.05, 4.69) is 24.5 Å². The summed E-state index contributed by atoms with van der Waals surface area (Å²) >= 11 is 0. The Balaban J connectivity index is 2.07. The number of carbonyl (C=O) groups excluding carboxylic acids is 1. The number of rotatable bonds is 5. The maximum atomic E-state index is 12.7. The number of carbonyl (C=O) groups is 1. The number of benzene rings is 1. The zero-order chi connectivity index (χ0) is 15.5. The summed E-state index contributed by atoms with van der Waals surface area (Å²) in [5.74, 6) is 1.32. The first-order valence-electron chi connectivity index (χ1n) is 7.65. The Morgan fingerprint density at radius 2 is 1.95 bits per heavy atom. The van der Waals surface area contributed by atoms with E-state index in [0.717, 1.165) is 30.8 Å². The highest BCUT2D eigenvalue weighted by atomic mass is 16.5. The summed E-state index contributed by atoms with van der Waals surface area (Å²) in [6.07, 6.45) is 0.909. The molecule has 1 saturated heterocycles.